The average Bonchev–Trinajstić information content (AvgIpc) is 4.13. The zero-order valence-corrected chi connectivity index (χ0v) is 41.0. The van der Waals surface area contributed by atoms with Gasteiger partial charge in [0.15, 0.2) is 17.3 Å². The van der Waals surface area contributed by atoms with E-state index in [4.69, 9.17) is 17.2 Å². The Balaban J connectivity index is 2.07. The summed E-state index contributed by atoms with van der Waals surface area (Å²) >= 11 is 0. The maximum atomic E-state index is 14.6. The van der Waals surface area contributed by atoms with Crippen molar-refractivity contribution in [3.63, 3.8) is 0 Å². The Kier molecular flexibility index (Phi) is 22.3. The van der Waals surface area contributed by atoms with Crippen molar-refractivity contribution in [1.82, 2.24) is 26.2 Å². The van der Waals surface area contributed by atoms with Gasteiger partial charge in [0.05, 0.1) is 42.9 Å². The Morgan fingerprint density at radius 2 is 1.47 bits per heavy atom. The van der Waals surface area contributed by atoms with Crippen LogP contribution in [0.25, 0.3) is 0 Å². The van der Waals surface area contributed by atoms with Crippen molar-refractivity contribution in [3.8, 4) is 5.75 Å². The van der Waals surface area contributed by atoms with Gasteiger partial charge in [0.2, 0.25) is 47.3 Å². The number of benzene rings is 1. The number of nitrogens with one attached hydrogen (secondary N) is 4. The lowest BCUT2D eigenvalue weighted by Crippen LogP contribution is -2.51. The summed E-state index contributed by atoms with van der Waals surface area (Å²) in [7, 11) is 0. The molecule has 0 bridgehead atoms. The summed E-state index contributed by atoms with van der Waals surface area (Å²) in [4.78, 5) is 163. The van der Waals surface area contributed by atoms with Crippen molar-refractivity contribution in [3.05, 3.63) is 29.8 Å². The zero-order valence-electron chi connectivity index (χ0n) is 41.0. The molecule has 1 saturated carbocycles. The lowest BCUT2D eigenvalue weighted by atomic mass is 9.77. The fourth-order valence-electron chi connectivity index (χ4n) is 8.77. The molecule has 1 aromatic rings. The Morgan fingerprint density at radius 3 is 2.04 bits per heavy atom. The third kappa shape index (κ3) is 19.1. The van der Waals surface area contributed by atoms with E-state index in [0.717, 1.165) is 0 Å². The van der Waals surface area contributed by atoms with Crippen molar-refractivity contribution >= 4 is 70.4 Å². The number of nitrogens with two attached hydrogens (primary N) is 3. The topological polar surface area (TPSA) is 354 Å². The number of amides is 8. The smallest absolute Gasteiger partial charge is 0.236 e. The van der Waals surface area contributed by atoms with E-state index < -0.39 is 156 Å². The summed E-state index contributed by atoms with van der Waals surface area (Å²) < 4.78 is 0. The molecule has 1 heterocycles. The molecule has 0 aromatic heterocycles. The summed E-state index contributed by atoms with van der Waals surface area (Å²) in [5.41, 5.74) is 15.5. The molecule has 1 saturated heterocycles. The second-order valence-corrected chi connectivity index (χ2v) is 19.7. The van der Waals surface area contributed by atoms with Gasteiger partial charge in [0.25, 0.3) is 0 Å². The number of primary amides is 3. The van der Waals surface area contributed by atoms with Crippen LogP contribution in [0.5, 0.6) is 5.75 Å². The quantitative estimate of drug-likeness (QED) is 0.0875. The van der Waals surface area contributed by atoms with Crippen LogP contribution in [0, 0.1) is 35.0 Å². The molecule has 21 nitrogen and oxygen atoms in total. The minimum atomic E-state index is -1.66. The molecule has 386 valence electrons. The van der Waals surface area contributed by atoms with Crippen molar-refractivity contribution < 1.29 is 62.6 Å². The van der Waals surface area contributed by atoms with Gasteiger partial charge >= 0.3 is 0 Å². The van der Waals surface area contributed by atoms with Crippen LogP contribution in [-0.2, 0) is 64.0 Å². The molecule has 2 fully saturated rings. The SMILES string of the molecule is CC[C@H](C)[C@@H]1NC(=O)[C@H](Cc2ccc(O)cc2)CC(=O)CCC(=O)NC[C@@H](C(=O)N(CC(=O)C[C@](C)(CC(C)C)C(=O)NCC(N)=O)C2CC2)CC(=O)[C@H](CC(N)=O)NC(=O)[C@H](CCC(N)=O)CC1=O. The second-order valence-electron chi connectivity index (χ2n) is 19.7. The summed E-state index contributed by atoms with van der Waals surface area (Å²) in [6, 6.07) is 2.67. The highest BCUT2D eigenvalue weighted by Crippen LogP contribution is 2.33. The molecule has 11 N–H and O–H groups in total. The first-order valence-corrected chi connectivity index (χ1v) is 24.0. The van der Waals surface area contributed by atoms with Crippen molar-refractivity contribution in [2.75, 3.05) is 19.6 Å². The number of rotatable bonds is 20. The number of phenolic OH excluding ortho intramolecular Hbond substituents is 1. The second kappa shape index (κ2) is 27.0. The number of carbonyl (C=O) groups excluding carboxylic acids is 12. The maximum absolute atomic E-state index is 14.6. The highest BCUT2D eigenvalue weighted by Gasteiger charge is 2.42. The molecule has 0 spiro atoms. The minimum absolute atomic E-state index is 0.00757. The molecule has 0 unspecified atom stereocenters. The van der Waals surface area contributed by atoms with Gasteiger partial charge in [0, 0.05) is 69.4 Å². The van der Waals surface area contributed by atoms with E-state index in [-0.39, 0.29) is 63.0 Å². The van der Waals surface area contributed by atoms with Crippen LogP contribution < -0.4 is 38.5 Å². The van der Waals surface area contributed by atoms with Crippen LogP contribution in [0.1, 0.15) is 124 Å². The molecule has 7 atom stereocenters. The Labute approximate surface area is 408 Å². The molecule has 1 aliphatic carbocycles. The van der Waals surface area contributed by atoms with E-state index in [9.17, 15) is 62.6 Å². The number of hydrogen-bond donors (Lipinski definition) is 8. The Hall–Kier alpha value is -6.54. The van der Waals surface area contributed by atoms with Crippen LogP contribution in [0.3, 0.4) is 0 Å². The van der Waals surface area contributed by atoms with Crippen LogP contribution in [0.4, 0.5) is 0 Å². The lowest BCUT2D eigenvalue weighted by Gasteiger charge is -2.32. The first-order valence-electron chi connectivity index (χ1n) is 24.0. The van der Waals surface area contributed by atoms with Crippen molar-refractivity contribution in [1.29, 1.82) is 0 Å². The zero-order chi connectivity index (χ0) is 52.5. The van der Waals surface area contributed by atoms with Crippen LogP contribution in [-0.4, -0.2) is 118 Å². The van der Waals surface area contributed by atoms with Crippen molar-refractivity contribution in [2.45, 2.75) is 143 Å². The molecule has 70 heavy (non-hydrogen) atoms. The molecule has 8 amide bonds. The number of hydrogen-bond acceptors (Lipinski definition) is 13. The van der Waals surface area contributed by atoms with Crippen molar-refractivity contribution in [2.24, 2.45) is 52.2 Å². The van der Waals surface area contributed by atoms with Gasteiger partial charge in [-0.15, -0.1) is 0 Å². The standard InChI is InChI=1S/C49H72N8O13/c1-6-28(4)44-39(62)19-30(9-15-40(50)63)45(67)55-37(21-41(51)64)38(61)20-32(24-53-43(66)16-14-35(59)18-31(46(68)56-44)17-29-7-12-34(58)13-8-29)47(69)57(33-10-11-33)26-36(60)23-49(5,22-27(2)3)48(70)54-25-42(52)65/h7-8,12-13,27-28,30-33,37,44,58H,6,9-11,14-26H2,1-5H3,(H2,50,63)(H2,51,64)(H2,52,65)(H,53,66)(H,54,70)(H,55,67)(H,56,68)/t28-,30+,31+,32-,37-,44-,49-/m0/s1. The van der Waals surface area contributed by atoms with Crippen LogP contribution >= 0.6 is 0 Å². The molecule has 2 aliphatic rings. The van der Waals surface area contributed by atoms with E-state index in [1.807, 2.05) is 13.8 Å². The number of ketones is 4. The number of nitrogens with zero attached hydrogens (tertiary/aromatic N) is 1. The number of phenols is 1. The largest absolute Gasteiger partial charge is 0.508 e. The number of carbonyl (C=O) groups is 12. The van der Waals surface area contributed by atoms with Crippen LogP contribution in [0.15, 0.2) is 24.3 Å². The van der Waals surface area contributed by atoms with Gasteiger partial charge in [-0.3, -0.25) is 57.5 Å². The maximum Gasteiger partial charge on any atom is 0.236 e. The van der Waals surface area contributed by atoms with Gasteiger partial charge < -0.3 is 48.5 Å². The highest BCUT2D eigenvalue weighted by atomic mass is 16.3. The third-order valence-corrected chi connectivity index (χ3v) is 12.8. The summed E-state index contributed by atoms with van der Waals surface area (Å²) in [6.07, 6.45) is -2.42. The van der Waals surface area contributed by atoms with E-state index in [2.05, 4.69) is 21.3 Å². The normalized spacial score (nSPS) is 22.6. The molecule has 1 aliphatic heterocycles. The minimum Gasteiger partial charge on any atom is -0.508 e. The van der Waals surface area contributed by atoms with E-state index >= 15 is 0 Å². The molecular weight excluding hydrogens is 909 g/mol. The van der Waals surface area contributed by atoms with E-state index in [1.165, 1.54) is 17.0 Å². The lowest BCUT2D eigenvalue weighted by molar-refractivity contribution is -0.143. The van der Waals surface area contributed by atoms with E-state index in [0.29, 0.717) is 24.8 Å². The Bertz CT molecular complexity index is 2120. The van der Waals surface area contributed by atoms with Gasteiger partial charge in [0.1, 0.15) is 11.5 Å². The van der Waals surface area contributed by atoms with Gasteiger partial charge in [-0.1, -0.05) is 53.2 Å². The van der Waals surface area contributed by atoms with Gasteiger partial charge in [-0.2, -0.15) is 0 Å². The predicted octanol–water partition coefficient (Wildman–Crippen LogP) is 0.332. The fraction of sp³-hybridized carbons (Fsp3) is 0.633. The number of Topliss-reactive ketones (excluding diaryl/α,β-unsaturated/α-hetero) is 4. The van der Waals surface area contributed by atoms with Gasteiger partial charge in [-0.25, -0.2) is 0 Å². The summed E-state index contributed by atoms with van der Waals surface area (Å²) in [5.74, 6) is -13.1. The summed E-state index contributed by atoms with van der Waals surface area (Å²) in [5, 5.41) is 20.2. The summed E-state index contributed by atoms with van der Waals surface area (Å²) in [6.45, 7) is 7.31. The third-order valence-electron chi connectivity index (χ3n) is 12.8. The fourth-order valence-corrected chi connectivity index (χ4v) is 8.77. The van der Waals surface area contributed by atoms with Crippen LogP contribution in [0.2, 0.25) is 0 Å². The molecule has 0 radical (unpaired) electrons. The molecular formula is C49H72N8O13. The first-order chi connectivity index (χ1) is 32.8. The average molecular weight is 981 g/mol. The van der Waals surface area contributed by atoms with Gasteiger partial charge in [-0.05, 0) is 61.6 Å². The molecule has 3 rings (SSSR count). The monoisotopic (exact) mass is 981 g/mol. The first kappa shape index (κ1) is 57.8. The predicted molar refractivity (Wildman–Crippen MR) is 253 cm³/mol. The number of aromatic hydroxyl groups is 1. The van der Waals surface area contributed by atoms with E-state index in [1.54, 1.807) is 32.9 Å². The highest BCUT2D eigenvalue weighted by molar-refractivity contribution is 5.99. The Morgan fingerprint density at radius 1 is 0.829 bits per heavy atom. The molecule has 21 heteroatoms. The molecule has 1 aromatic carbocycles.